The average Bonchev–Trinajstić information content (AvgIpc) is 2.45. The van der Waals surface area contributed by atoms with Gasteiger partial charge in [0, 0.05) is 11.5 Å². The van der Waals surface area contributed by atoms with Crippen LogP contribution >= 0.6 is 0 Å². The van der Waals surface area contributed by atoms with E-state index in [9.17, 15) is 4.79 Å². The second-order valence-corrected chi connectivity index (χ2v) is 4.58. The maximum absolute atomic E-state index is 11.9. The molecular formula is C14H20N4O2. The zero-order chi connectivity index (χ0) is 15.0. The minimum absolute atomic E-state index is 0.317. The fourth-order valence-corrected chi connectivity index (χ4v) is 1.95. The van der Waals surface area contributed by atoms with Crippen LogP contribution in [0.3, 0.4) is 0 Å². The Morgan fingerprint density at radius 1 is 1.50 bits per heavy atom. The lowest BCUT2D eigenvalue weighted by Crippen LogP contribution is -2.31. The summed E-state index contributed by atoms with van der Waals surface area (Å²) in [6, 6.07) is 5.49. The van der Waals surface area contributed by atoms with E-state index in [0.29, 0.717) is 19.5 Å². The maximum atomic E-state index is 11.9. The molecule has 6 nitrogen and oxygen atoms in total. The fourth-order valence-electron chi connectivity index (χ4n) is 1.95. The van der Waals surface area contributed by atoms with Gasteiger partial charge in [-0.1, -0.05) is 28.9 Å². The standard InChI is InChI=1S/C14H20N4O2/c1-10-5-6-11(2)12(9-10)13(14(19)20-3)16-7-4-8-17-18-15/h5-6,9,13,16H,4,7-8H2,1-3H3. The Hall–Kier alpha value is -2.04. The van der Waals surface area contributed by atoms with Gasteiger partial charge in [-0.05, 0) is 43.5 Å². The van der Waals surface area contributed by atoms with Crippen molar-refractivity contribution < 1.29 is 9.53 Å². The van der Waals surface area contributed by atoms with Crippen LogP contribution in [0.5, 0.6) is 0 Å². The van der Waals surface area contributed by atoms with Gasteiger partial charge in [-0.25, -0.2) is 4.79 Å². The number of ether oxygens (including phenoxy) is 1. The van der Waals surface area contributed by atoms with E-state index in [0.717, 1.165) is 16.7 Å². The minimum atomic E-state index is -0.494. The molecule has 6 heteroatoms. The first-order chi connectivity index (χ1) is 9.60. The van der Waals surface area contributed by atoms with Gasteiger partial charge in [0.05, 0.1) is 7.11 Å². The Morgan fingerprint density at radius 2 is 2.25 bits per heavy atom. The fraction of sp³-hybridized carbons (Fsp3) is 0.500. The summed E-state index contributed by atoms with van der Waals surface area (Å²) in [5.74, 6) is -0.317. The third kappa shape index (κ3) is 4.57. The number of esters is 1. The Kier molecular flexibility index (Phi) is 6.56. The molecular weight excluding hydrogens is 256 g/mol. The van der Waals surface area contributed by atoms with Gasteiger partial charge >= 0.3 is 5.97 Å². The second-order valence-electron chi connectivity index (χ2n) is 4.58. The minimum Gasteiger partial charge on any atom is -0.468 e. The molecule has 0 aliphatic carbocycles. The van der Waals surface area contributed by atoms with Gasteiger partial charge in [0.15, 0.2) is 0 Å². The number of hydrogen-bond acceptors (Lipinski definition) is 4. The molecule has 0 amide bonds. The summed E-state index contributed by atoms with van der Waals surface area (Å²) in [4.78, 5) is 14.6. The Balaban J connectivity index is 2.81. The molecule has 1 rings (SSSR count). The van der Waals surface area contributed by atoms with Crippen LogP contribution in [0.1, 0.15) is 29.2 Å². The van der Waals surface area contributed by atoms with E-state index in [4.69, 9.17) is 10.3 Å². The second kappa shape index (κ2) is 8.19. The summed E-state index contributed by atoms with van der Waals surface area (Å²) >= 11 is 0. The summed E-state index contributed by atoms with van der Waals surface area (Å²) in [6.45, 7) is 4.93. The van der Waals surface area contributed by atoms with Crippen molar-refractivity contribution in [2.75, 3.05) is 20.2 Å². The number of carbonyl (C=O) groups excluding carboxylic acids is 1. The molecule has 0 saturated heterocycles. The quantitative estimate of drug-likeness (QED) is 0.273. The van der Waals surface area contributed by atoms with E-state index in [1.807, 2.05) is 32.0 Å². The number of benzene rings is 1. The monoisotopic (exact) mass is 276 g/mol. The smallest absolute Gasteiger partial charge is 0.327 e. The molecule has 1 aromatic carbocycles. The summed E-state index contributed by atoms with van der Waals surface area (Å²) in [7, 11) is 1.38. The van der Waals surface area contributed by atoms with Crippen molar-refractivity contribution in [3.8, 4) is 0 Å². The molecule has 1 unspecified atom stereocenters. The first-order valence-corrected chi connectivity index (χ1v) is 6.49. The predicted octanol–water partition coefficient (Wildman–Crippen LogP) is 2.81. The molecule has 0 aliphatic heterocycles. The third-order valence-electron chi connectivity index (χ3n) is 3.03. The Labute approximate surface area is 118 Å². The van der Waals surface area contributed by atoms with E-state index in [-0.39, 0.29) is 5.97 Å². The molecule has 1 atom stereocenters. The molecule has 1 aromatic rings. The molecule has 0 aromatic heterocycles. The van der Waals surface area contributed by atoms with Crippen molar-refractivity contribution in [2.24, 2.45) is 5.11 Å². The van der Waals surface area contributed by atoms with Gasteiger partial charge in [-0.2, -0.15) is 0 Å². The molecule has 0 heterocycles. The highest BCUT2D eigenvalue weighted by molar-refractivity contribution is 5.78. The molecule has 0 bridgehead atoms. The van der Waals surface area contributed by atoms with Crippen molar-refractivity contribution in [1.29, 1.82) is 0 Å². The number of methoxy groups -OCH3 is 1. The van der Waals surface area contributed by atoms with Crippen LogP contribution < -0.4 is 5.32 Å². The van der Waals surface area contributed by atoms with Gasteiger partial charge in [0.2, 0.25) is 0 Å². The molecule has 108 valence electrons. The molecule has 0 aliphatic rings. The SMILES string of the molecule is COC(=O)C(NCCCN=[N+]=[N-])c1cc(C)ccc1C. The number of carbonyl (C=O) groups is 1. The number of nitrogens with zero attached hydrogens (tertiary/aromatic N) is 3. The summed E-state index contributed by atoms with van der Waals surface area (Å²) in [5.41, 5.74) is 11.3. The zero-order valence-corrected chi connectivity index (χ0v) is 12.1. The normalized spacial score (nSPS) is 11.6. The van der Waals surface area contributed by atoms with Crippen LogP contribution in [0.2, 0.25) is 0 Å². The maximum Gasteiger partial charge on any atom is 0.327 e. The van der Waals surface area contributed by atoms with Gasteiger partial charge < -0.3 is 10.1 Å². The van der Waals surface area contributed by atoms with E-state index >= 15 is 0 Å². The number of azide groups is 1. The number of rotatable bonds is 7. The van der Waals surface area contributed by atoms with E-state index < -0.39 is 6.04 Å². The third-order valence-corrected chi connectivity index (χ3v) is 3.03. The lowest BCUT2D eigenvalue weighted by atomic mass is 9.99. The average molecular weight is 276 g/mol. The highest BCUT2D eigenvalue weighted by atomic mass is 16.5. The summed E-state index contributed by atoms with van der Waals surface area (Å²) < 4.78 is 4.86. The molecule has 1 N–H and O–H groups in total. The van der Waals surface area contributed by atoms with Crippen molar-refractivity contribution >= 4 is 5.97 Å². The zero-order valence-electron chi connectivity index (χ0n) is 12.1. The van der Waals surface area contributed by atoms with E-state index in [2.05, 4.69) is 15.3 Å². The summed E-state index contributed by atoms with van der Waals surface area (Å²) in [5, 5.41) is 6.62. The van der Waals surface area contributed by atoms with Gasteiger partial charge in [-0.15, -0.1) is 0 Å². The van der Waals surface area contributed by atoms with Crippen molar-refractivity contribution in [1.82, 2.24) is 5.32 Å². The molecule has 0 radical (unpaired) electrons. The van der Waals surface area contributed by atoms with Gasteiger partial charge in [-0.3, -0.25) is 0 Å². The van der Waals surface area contributed by atoms with Crippen molar-refractivity contribution in [3.05, 3.63) is 45.3 Å². The number of hydrogen-bond donors (Lipinski definition) is 1. The highest BCUT2D eigenvalue weighted by Gasteiger charge is 2.22. The van der Waals surface area contributed by atoms with Crippen molar-refractivity contribution in [3.63, 3.8) is 0 Å². The summed E-state index contributed by atoms with van der Waals surface area (Å²) in [6.07, 6.45) is 0.669. The van der Waals surface area contributed by atoms with Crippen LogP contribution in [-0.2, 0) is 9.53 Å². The molecule has 0 spiro atoms. The van der Waals surface area contributed by atoms with Gasteiger partial charge in [0.25, 0.3) is 0 Å². The predicted molar refractivity (Wildman–Crippen MR) is 77.3 cm³/mol. The Morgan fingerprint density at radius 3 is 2.90 bits per heavy atom. The van der Waals surface area contributed by atoms with E-state index in [1.54, 1.807) is 0 Å². The lowest BCUT2D eigenvalue weighted by Gasteiger charge is -2.19. The lowest BCUT2D eigenvalue weighted by molar-refractivity contribution is -0.143. The molecule has 20 heavy (non-hydrogen) atoms. The van der Waals surface area contributed by atoms with Gasteiger partial charge in [0.1, 0.15) is 6.04 Å². The van der Waals surface area contributed by atoms with Crippen molar-refractivity contribution in [2.45, 2.75) is 26.3 Å². The van der Waals surface area contributed by atoms with Crippen LogP contribution in [0.4, 0.5) is 0 Å². The number of aryl methyl sites for hydroxylation is 2. The first-order valence-electron chi connectivity index (χ1n) is 6.49. The van der Waals surface area contributed by atoms with Crippen LogP contribution in [-0.4, -0.2) is 26.2 Å². The molecule has 0 saturated carbocycles. The van der Waals surface area contributed by atoms with Crippen LogP contribution in [0, 0.1) is 13.8 Å². The topological polar surface area (TPSA) is 87.1 Å². The largest absolute Gasteiger partial charge is 0.468 e. The Bertz CT molecular complexity index is 510. The van der Waals surface area contributed by atoms with Crippen LogP contribution in [0.15, 0.2) is 23.3 Å². The highest BCUT2D eigenvalue weighted by Crippen LogP contribution is 2.20. The molecule has 0 fully saturated rings. The van der Waals surface area contributed by atoms with Crippen LogP contribution in [0.25, 0.3) is 10.4 Å². The first kappa shape index (κ1) is 16.0. The van der Waals surface area contributed by atoms with E-state index in [1.165, 1.54) is 7.11 Å². The number of nitrogens with one attached hydrogen (secondary N) is 1.